The molecule has 0 aliphatic heterocycles. The summed E-state index contributed by atoms with van der Waals surface area (Å²) in [6.45, 7) is 1.29. The smallest absolute Gasteiger partial charge is 0.382 e. The van der Waals surface area contributed by atoms with Crippen molar-refractivity contribution < 1.29 is 57.5 Å². The lowest BCUT2D eigenvalue weighted by Crippen LogP contribution is -2.33. The first kappa shape index (κ1) is 49.9. The highest BCUT2D eigenvalue weighted by Crippen LogP contribution is 2.37. The average molecular weight is 987 g/mol. The molecule has 23 heteroatoms. The fourth-order valence-electron chi connectivity index (χ4n) is 6.29. The van der Waals surface area contributed by atoms with Crippen LogP contribution in [0.15, 0.2) is 104 Å². The molecule has 0 radical (unpaired) electrons. The number of hydrogen-bond donors (Lipinski definition) is 3. The number of halogens is 10. The van der Waals surface area contributed by atoms with Crippen molar-refractivity contribution in [3.05, 3.63) is 160 Å². The molecule has 7 rings (SSSR count). The Morgan fingerprint density at radius 3 is 2.19 bits per heavy atom. The highest BCUT2D eigenvalue weighted by molar-refractivity contribution is 7.92. The molecular formula is C45H32ClF9N8O4S. The van der Waals surface area contributed by atoms with Crippen LogP contribution in [0.3, 0.4) is 0 Å². The summed E-state index contributed by atoms with van der Waals surface area (Å²) >= 11 is 5.93. The second kappa shape index (κ2) is 20.6. The molecule has 1 amide bonds. The van der Waals surface area contributed by atoms with Crippen LogP contribution in [0.5, 0.6) is 0 Å². The molecule has 4 aromatic heterocycles. The predicted molar refractivity (Wildman–Crippen MR) is 234 cm³/mol. The molecule has 0 atom stereocenters. The molecular weight excluding hydrogens is 955 g/mol. The number of alkyl halides is 6. The van der Waals surface area contributed by atoms with E-state index in [0.29, 0.717) is 28.0 Å². The van der Waals surface area contributed by atoms with Crippen molar-refractivity contribution in [3.8, 4) is 23.0 Å². The fourth-order valence-corrected chi connectivity index (χ4v) is 7.55. The minimum atomic E-state index is -5.20. The van der Waals surface area contributed by atoms with Crippen LogP contribution in [0.25, 0.3) is 22.2 Å². The van der Waals surface area contributed by atoms with E-state index >= 15 is 4.39 Å². The Morgan fingerprint density at radius 1 is 0.853 bits per heavy atom. The molecule has 0 spiro atoms. The average Bonchev–Trinajstić information content (AvgIpc) is 3.70. The number of ketones is 1. The number of anilines is 3. The zero-order valence-corrected chi connectivity index (χ0v) is 36.4. The molecule has 0 bridgehead atoms. The Kier molecular flexibility index (Phi) is 15.1. The molecule has 0 unspecified atom stereocenters. The van der Waals surface area contributed by atoms with E-state index in [2.05, 4.69) is 41.7 Å². The molecule has 4 heterocycles. The summed E-state index contributed by atoms with van der Waals surface area (Å²) in [5.41, 5.74) is 1.98. The van der Waals surface area contributed by atoms with Gasteiger partial charge in [-0.05, 0) is 90.7 Å². The maximum atomic E-state index is 15.1. The number of aromatic amines is 1. The van der Waals surface area contributed by atoms with E-state index in [0.717, 1.165) is 34.7 Å². The highest BCUT2D eigenvalue weighted by Gasteiger charge is 2.39. The van der Waals surface area contributed by atoms with Crippen LogP contribution in [-0.2, 0) is 33.6 Å². The van der Waals surface area contributed by atoms with Gasteiger partial charge in [-0.2, -0.15) is 26.3 Å². The van der Waals surface area contributed by atoms with Crippen molar-refractivity contribution in [1.29, 1.82) is 0 Å². The van der Waals surface area contributed by atoms with E-state index in [1.54, 1.807) is 43.5 Å². The number of nitrogen functional groups attached to an aromatic ring is 1. The summed E-state index contributed by atoms with van der Waals surface area (Å²) in [6, 6.07) is 17.7. The van der Waals surface area contributed by atoms with Gasteiger partial charge in [-0.15, -0.1) is 10.2 Å². The number of amides is 1. The molecule has 12 nitrogen and oxygen atoms in total. The molecule has 7 aromatic rings. The van der Waals surface area contributed by atoms with Crippen molar-refractivity contribution in [1.82, 2.24) is 25.1 Å². The number of rotatable bonds is 11. The number of fused-ring (bicyclic) bond motifs is 1. The fraction of sp³-hybridized carbons (Fsp3) is 0.156. The lowest BCUT2D eigenvalue weighted by Gasteiger charge is -2.21. The van der Waals surface area contributed by atoms with Crippen molar-refractivity contribution in [2.45, 2.75) is 32.1 Å². The van der Waals surface area contributed by atoms with Crippen LogP contribution in [0.4, 0.5) is 56.7 Å². The lowest BCUT2D eigenvalue weighted by molar-refractivity contribution is -0.144. The number of pyridine rings is 2. The van der Waals surface area contributed by atoms with Gasteiger partial charge in [0, 0.05) is 45.8 Å². The molecule has 4 N–H and O–H groups in total. The molecule has 0 fully saturated rings. The zero-order chi connectivity index (χ0) is 49.6. The van der Waals surface area contributed by atoms with Gasteiger partial charge in [0.15, 0.2) is 5.82 Å². The number of nitrogens with two attached hydrogens (primary N) is 1. The third-order valence-corrected chi connectivity index (χ3v) is 11.2. The Morgan fingerprint density at radius 2 is 1.56 bits per heavy atom. The highest BCUT2D eigenvalue weighted by atomic mass is 35.5. The zero-order valence-electron chi connectivity index (χ0n) is 34.8. The standard InChI is InChI=1S/C23H18ClF2N3O3S.C22H14F7N5O/c1-2-9-33(31,32)29-19-8-7-18(25)20(21(19)26)22(30)17-12-28-23-16(17)10-14(11-27-23)13-3-5-15(24)6-4-13;23-14-3-6-16(7-4-14)34(9-1-2-15-5-8-19(30)33-32-15)20(35)11-18-17(22(27,28)29)10-13(12-31-18)21(24,25)26/h3-8,10-12,29H,2,9H2,1H3,(H,27,28);3-8,10,12H,9,11H2,(H2,30,33). The van der Waals surface area contributed by atoms with Crippen LogP contribution in [0.1, 0.15) is 51.8 Å². The Bertz CT molecular complexity index is 3160. The summed E-state index contributed by atoms with van der Waals surface area (Å²) in [5, 5.41) is 8.24. The first-order valence-electron chi connectivity index (χ1n) is 19.6. The van der Waals surface area contributed by atoms with E-state index in [1.165, 1.54) is 30.5 Å². The van der Waals surface area contributed by atoms with Gasteiger partial charge in [-0.1, -0.05) is 36.6 Å². The number of nitrogens with one attached hydrogen (secondary N) is 2. The third-order valence-electron chi connectivity index (χ3n) is 9.51. The van der Waals surface area contributed by atoms with Crippen LogP contribution >= 0.6 is 11.6 Å². The van der Waals surface area contributed by atoms with E-state index < -0.39 is 86.0 Å². The number of nitrogens with zero attached hydrogens (tertiary/aromatic N) is 5. The van der Waals surface area contributed by atoms with E-state index in [1.807, 2.05) is 0 Å². The maximum Gasteiger partial charge on any atom is 0.418 e. The van der Waals surface area contributed by atoms with E-state index in [-0.39, 0.29) is 47.3 Å². The molecule has 0 saturated heterocycles. The van der Waals surface area contributed by atoms with E-state index in [4.69, 9.17) is 17.3 Å². The van der Waals surface area contributed by atoms with Gasteiger partial charge in [0.05, 0.1) is 46.8 Å². The summed E-state index contributed by atoms with van der Waals surface area (Å²) in [5.74, 6) is 0.171. The molecule has 352 valence electrons. The topological polar surface area (TPSA) is 177 Å². The number of carbonyl (C=O) groups is 2. The minimum Gasteiger partial charge on any atom is -0.382 e. The first-order chi connectivity index (χ1) is 32.0. The number of hydrogen-bond acceptors (Lipinski definition) is 9. The van der Waals surface area contributed by atoms with Crippen LogP contribution < -0.4 is 15.4 Å². The number of carbonyl (C=O) groups excluding carboxylic acids is 2. The molecule has 0 aliphatic rings. The van der Waals surface area contributed by atoms with Gasteiger partial charge in [-0.25, -0.2) is 26.6 Å². The first-order valence-corrected chi connectivity index (χ1v) is 21.6. The number of aromatic nitrogens is 5. The predicted octanol–water partition coefficient (Wildman–Crippen LogP) is 9.80. The van der Waals surface area contributed by atoms with Crippen molar-refractivity contribution in [2.24, 2.45) is 0 Å². The van der Waals surface area contributed by atoms with Crippen molar-refractivity contribution in [2.75, 3.05) is 27.7 Å². The van der Waals surface area contributed by atoms with Gasteiger partial charge < -0.3 is 15.6 Å². The molecule has 3 aromatic carbocycles. The summed E-state index contributed by atoms with van der Waals surface area (Å²) < 4.78 is 148. The van der Waals surface area contributed by atoms with Gasteiger partial charge in [0.2, 0.25) is 21.7 Å². The van der Waals surface area contributed by atoms with Gasteiger partial charge in [0.25, 0.3) is 0 Å². The number of H-pyrrole nitrogens is 1. The Balaban J connectivity index is 0.000000224. The largest absolute Gasteiger partial charge is 0.418 e. The van der Waals surface area contributed by atoms with Crippen LogP contribution in [0.2, 0.25) is 5.02 Å². The SMILES string of the molecule is CCCS(=O)(=O)Nc1ccc(F)c(C(=O)c2c[nH]c3ncc(-c4ccc(Cl)cc4)cc23)c1F.Nc1ccc(C#CCN(C(=O)Cc2ncc(C(F)(F)F)cc2C(F)(F)F)c2ccc(F)cc2)nn1. The monoisotopic (exact) mass is 986 g/mol. The van der Waals surface area contributed by atoms with Gasteiger partial charge in [0.1, 0.15) is 28.8 Å². The molecule has 68 heavy (non-hydrogen) atoms. The quantitative estimate of drug-likeness (QED) is 0.0647. The van der Waals surface area contributed by atoms with Crippen molar-refractivity contribution in [3.63, 3.8) is 0 Å². The van der Waals surface area contributed by atoms with Gasteiger partial charge >= 0.3 is 12.4 Å². The third kappa shape index (κ3) is 12.3. The van der Waals surface area contributed by atoms with E-state index in [9.17, 15) is 53.1 Å². The summed E-state index contributed by atoms with van der Waals surface area (Å²) in [7, 11) is -3.84. The Hall–Kier alpha value is -7.51. The van der Waals surface area contributed by atoms with Crippen LogP contribution in [0, 0.1) is 29.3 Å². The second-order valence-electron chi connectivity index (χ2n) is 14.4. The molecule has 0 saturated carbocycles. The van der Waals surface area contributed by atoms with Crippen LogP contribution in [-0.4, -0.2) is 57.6 Å². The van der Waals surface area contributed by atoms with Gasteiger partial charge in [-0.3, -0.25) is 19.3 Å². The lowest BCUT2D eigenvalue weighted by atomic mass is 10.00. The summed E-state index contributed by atoms with van der Waals surface area (Å²) in [6.07, 6.45) is -7.80. The Labute approximate surface area is 385 Å². The number of benzene rings is 3. The number of sulfonamides is 1. The second-order valence-corrected chi connectivity index (χ2v) is 16.6. The maximum absolute atomic E-state index is 15.1. The molecule has 0 aliphatic carbocycles. The van der Waals surface area contributed by atoms with Crippen molar-refractivity contribution >= 4 is 61.5 Å². The minimum absolute atomic E-state index is 0.000297. The summed E-state index contributed by atoms with van der Waals surface area (Å²) in [4.78, 5) is 37.4. The normalized spacial score (nSPS) is 11.6.